The van der Waals surface area contributed by atoms with Crippen molar-refractivity contribution in [2.24, 2.45) is 5.73 Å². The number of thioether (sulfide) groups is 1. The molecule has 2 heterocycles. The van der Waals surface area contributed by atoms with E-state index in [0.29, 0.717) is 13.1 Å². The van der Waals surface area contributed by atoms with E-state index in [0.717, 1.165) is 29.5 Å². The molecule has 1 amide bonds. The number of rotatable bonds is 4. The van der Waals surface area contributed by atoms with Gasteiger partial charge in [-0.05, 0) is 49.9 Å². The van der Waals surface area contributed by atoms with Crippen LogP contribution in [0.5, 0.6) is 0 Å². The molecule has 1 aromatic rings. The minimum atomic E-state index is -0.325. The van der Waals surface area contributed by atoms with Gasteiger partial charge >= 0.3 is 0 Å². The van der Waals surface area contributed by atoms with Crippen LogP contribution in [0, 0.1) is 0 Å². The molecule has 0 aromatic heterocycles. The first kappa shape index (κ1) is 17.3. The van der Waals surface area contributed by atoms with E-state index < -0.39 is 0 Å². The van der Waals surface area contributed by atoms with Gasteiger partial charge in [0.25, 0.3) is 5.91 Å². The summed E-state index contributed by atoms with van der Waals surface area (Å²) in [6.45, 7) is 3.24. The molecule has 0 bridgehead atoms. The number of hydrogen-bond acceptors (Lipinski definition) is 4. The maximum absolute atomic E-state index is 13.0. The number of fused-ring (bicyclic) bond motifs is 1. The lowest BCUT2D eigenvalue weighted by Crippen LogP contribution is -2.42. The smallest absolute Gasteiger partial charge is 0.252 e. The van der Waals surface area contributed by atoms with Crippen LogP contribution in [0.4, 0.5) is 0 Å². The second-order valence-corrected chi connectivity index (χ2v) is 8.07. The zero-order valence-electron chi connectivity index (χ0n) is 13.3. The molecule has 3 atom stereocenters. The van der Waals surface area contributed by atoms with Gasteiger partial charge in [-0.15, -0.1) is 11.8 Å². The van der Waals surface area contributed by atoms with E-state index in [9.17, 15) is 4.79 Å². The molecule has 1 aromatic carbocycles. The Morgan fingerprint density at radius 2 is 2.26 bits per heavy atom. The maximum atomic E-state index is 13.0. The normalized spacial score (nSPS) is 26.8. The van der Waals surface area contributed by atoms with Gasteiger partial charge in [0.05, 0.1) is 12.1 Å². The van der Waals surface area contributed by atoms with E-state index in [2.05, 4.69) is 34.1 Å². The number of carbonyl (C=O) groups excluding carboxylic acids is 1. The van der Waals surface area contributed by atoms with Gasteiger partial charge < -0.3 is 15.4 Å². The Hall–Kier alpha value is -0.560. The van der Waals surface area contributed by atoms with Crippen LogP contribution in [0.1, 0.15) is 37.8 Å². The molecule has 2 N–H and O–H groups in total. The van der Waals surface area contributed by atoms with E-state index in [1.54, 1.807) is 0 Å². The monoisotopic (exact) mass is 398 g/mol. The number of hydrogen-bond donors (Lipinski definition) is 1. The highest BCUT2D eigenvalue weighted by Gasteiger charge is 2.36. The van der Waals surface area contributed by atoms with Crippen molar-refractivity contribution < 1.29 is 9.53 Å². The van der Waals surface area contributed by atoms with E-state index >= 15 is 0 Å². The van der Waals surface area contributed by atoms with E-state index in [4.69, 9.17) is 10.5 Å². The Labute approximate surface area is 150 Å². The molecule has 0 saturated carbocycles. The number of nitrogens with zero attached hydrogens (tertiary/aromatic N) is 1. The summed E-state index contributed by atoms with van der Waals surface area (Å²) in [7, 11) is 0. The van der Waals surface area contributed by atoms with Crippen molar-refractivity contribution in [3.63, 3.8) is 0 Å². The van der Waals surface area contributed by atoms with Gasteiger partial charge in [-0.25, -0.2) is 0 Å². The number of halogens is 1. The Morgan fingerprint density at radius 1 is 1.43 bits per heavy atom. The van der Waals surface area contributed by atoms with Gasteiger partial charge in [0.15, 0.2) is 0 Å². The summed E-state index contributed by atoms with van der Waals surface area (Å²) in [4.78, 5) is 16.2. The second-order valence-electron chi connectivity index (χ2n) is 6.02. The Kier molecular flexibility index (Phi) is 5.67. The zero-order chi connectivity index (χ0) is 16.4. The molecular weight excluding hydrogens is 376 g/mol. The Morgan fingerprint density at radius 3 is 2.96 bits per heavy atom. The predicted molar refractivity (Wildman–Crippen MR) is 96.6 cm³/mol. The number of amides is 1. The van der Waals surface area contributed by atoms with Crippen LogP contribution in [0.2, 0.25) is 0 Å². The second kappa shape index (κ2) is 7.55. The van der Waals surface area contributed by atoms with Crippen LogP contribution in [0.15, 0.2) is 27.6 Å². The fraction of sp³-hybridized carbons (Fsp3) is 0.588. The third kappa shape index (κ3) is 3.60. The number of carbonyl (C=O) groups is 1. The van der Waals surface area contributed by atoms with Crippen LogP contribution in [-0.4, -0.2) is 41.9 Å². The summed E-state index contributed by atoms with van der Waals surface area (Å²) >= 11 is 5.43. The van der Waals surface area contributed by atoms with Gasteiger partial charge in [0.1, 0.15) is 6.10 Å². The molecule has 0 spiro atoms. The molecular formula is C17H23BrN2O2S. The molecule has 2 aliphatic heterocycles. The first-order valence-corrected chi connectivity index (χ1v) is 10.00. The fourth-order valence-electron chi connectivity index (χ4n) is 3.45. The molecule has 126 valence electrons. The lowest BCUT2D eigenvalue weighted by Gasteiger charge is -2.36. The minimum absolute atomic E-state index is 0.0333. The summed E-state index contributed by atoms with van der Waals surface area (Å²) in [5, 5.41) is 0. The Bertz CT molecular complexity index is 584. The van der Waals surface area contributed by atoms with E-state index in [1.807, 2.05) is 23.6 Å². The molecule has 1 fully saturated rings. The lowest BCUT2D eigenvalue weighted by molar-refractivity contribution is -0.145. The lowest BCUT2D eigenvalue weighted by atomic mass is 10.0. The van der Waals surface area contributed by atoms with E-state index in [1.165, 1.54) is 10.5 Å². The summed E-state index contributed by atoms with van der Waals surface area (Å²) in [6, 6.07) is 6.51. The summed E-state index contributed by atoms with van der Waals surface area (Å²) < 4.78 is 6.89. The topological polar surface area (TPSA) is 55.6 Å². The molecule has 6 heteroatoms. The number of nitrogens with two attached hydrogens (primary N) is 1. The molecule has 2 aliphatic rings. The van der Waals surface area contributed by atoms with Crippen LogP contribution in [0.3, 0.4) is 0 Å². The largest absolute Gasteiger partial charge is 0.364 e. The standard InChI is InChI=1S/C17H23BrN2O2S/c1-2-20(17(21)15-5-4-12(10-19)22-15)14-7-8-23-16-6-3-11(18)9-13(14)16/h3,6,9,12,14-15H,2,4-5,7-8,10,19H2,1H3/t12-,14?,15+/m1/s1. The predicted octanol–water partition coefficient (Wildman–Crippen LogP) is 3.34. The molecule has 1 unspecified atom stereocenters. The number of benzene rings is 1. The van der Waals surface area contributed by atoms with Crippen molar-refractivity contribution in [1.29, 1.82) is 0 Å². The van der Waals surface area contributed by atoms with Gasteiger partial charge in [0, 0.05) is 28.2 Å². The van der Waals surface area contributed by atoms with Gasteiger partial charge in [0.2, 0.25) is 0 Å². The summed E-state index contributed by atoms with van der Waals surface area (Å²) in [5.41, 5.74) is 6.92. The molecule has 3 rings (SSSR count). The fourth-order valence-corrected chi connectivity index (χ4v) is 4.91. The van der Waals surface area contributed by atoms with E-state index in [-0.39, 0.29) is 24.2 Å². The van der Waals surface area contributed by atoms with Crippen molar-refractivity contribution in [3.05, 3.63) is 28.2 Å². The number of likely N-dealkylation sites (N-methyl/N-ethyl adjacent to an activating group) is 1. The third-order valence-electron chi connectivity index (χ3n) is 4.63. The molecule has 23 heavy (non-hydrogen) atoms. The molecule has 0 aliphatic carbocycles. The maximum Gasteiger partial charge on any atom is 0.252 e. The van der Waals surface area contributed by atoms with Crippen molar-refractivity contribution in [2.75, 3.05) is 18.8 Å². The molecule has 1 saturated heterocycles. The van der Waals surface area contributed by atoms with Crippen LogP contribution in [0.25, 0.3) is 0 Å². The highest BCUT2D eigenvalue weighted by Crippen LogP contribution is 2.41. The summed E-state index contributed by atoms with van der Waals surface area (Å²) in [6.07, 6.45) is 2.36. The van der Waals surface area contributed by atoms with Gasteiger partial charge in [-0.1, -0.05) is 15.9 Å². The average Bonchev–Trinajstić information content (AvgIpc) is 3.05. The van der Waals surface area contributed by atoms with Crippen molar-refractivity contribution >= 4 is 33.6 Å². The molecule has 4 nitrogen and oxygen atoms in total. The molecule has 0 radical (unpaired) electrons. The first-order chi connectivity index (χ1) is 11.1. The van der Waals surface area contributed by atoms with Crippen LogP contribution >= 0.6 is 27.7 Å². The van der Waals surface area contributed by atoms with Crippen LogP contribution < -0.4 is 5.73 Å². The third-order valence-corrected chi connectivity index (χ3v) is 6.24. The van der Waals surface area contributed by atoms with Gasteiger partial charge in [-0.3, -0.25) is 4.79 Å². The van der Waals surface area contributed by atoms with Crippen molar-refractivity contribution in [3.8, 4) is 0 Å². The SMILES string of the molecule is CCN(C(=O)[C@@H]1CC[C@H](CN)O1)C1CCSc2ccc(Br)cc21. The average molecular weight is 399 g/mol. The zero-order valence-corrected chi connectivity index (χ0v) is 15.7. The summed E-state index contributed by atoms with van der Waals surface area (Å²) in [5.74, 6) is 1.16. The highest BCUT2D eigenvalue weighted by atomic mass is 79.9. The highest BCUT2D eigenvalue weighted by molar-refractivity contribution is 9.10. The Balaban J connectivity index is 1.82. The number of ether oxygens (including phenoxy) is 1. The van der Waals surface area contributed by atoms with Crippen LogP contribution in [-0.2, 0) is 9.53 Å². The van der Waals surface area contributed by atoms with Crippen molar-refractivity contribution in [2.45, 2.75) is 49.3 Å². The first-order valence-electron chi connectivity index (χ1n) is 8.22. The van der Waals surface area contributed by atoms with Gasteiger partial charge in [-0.2, -0.15) is 0 Å². The minimum Gasteiger partial charge on any atom is -0.364 e. The van der Waals surface area contributed by atoms with Crippen molar-refractivity contribution in [1.82, 2.24) is 4.90 Å². The quantitative estimate of drug-likeness (QED) is 0.844.